The molecule has 27 heavy (non-hydrogen) atoms. The van der Waals surface area contributed by atoms with E-state index in [0.717, 1.165) is 37.9 Å². The van der Waals surface area contributed by atoms with Gasteiger partial charge in [0.15, 0.2) is 4.34 Å². The number of thioether (sulfide) groups is 1. The summed E-state index contributed by atoms with van der Waals surface area (Å²) in [5.74, 6) is 2.24. The smallest absolute Gasteiger partial charge is 0.210 e. The maximum absolute atomic E-state index is 5.42. The van der Waals surface area contributed by atoms with E-state index in [9.17, 15) is 0 Å². The van der Waals surface area contributed by atoms with Gasteiger partial charge in [0.1, 0.15) is 17.2 Å². The summed E-state index contributed by atoms with van der Waals surface area (Å²) >= 11 is 3.06. The second-order valence-electron chi connectivity index (χ2n) is 5.56. The molecule has 0 radical (unpaired) electrons. The molecule has 1 N–H and O–H groups in total. The topological polar surface area (TPSA) is 73.1 Å². The molecule has 2 aromatic carbocycles. The standard InChI is InChI=1S/C19H16N4O2S2/c1-24-15-9-5-8-14(10-15)20-18-21-22-19(27-18)26-12-16-11-17(23-25-16)13-6-3-2-4-7-13/h2-11H,12H2,1H3,(H,20,21). The molecule has 8 heteroatoms. The summed E-state index contributed by atoms with van der Waals surface area (Å²) < 4.78 is 11.5. The molecule has 0 aliphatic rings. The Morgan fingerprint density at radius 1 is 1.07 bits per heavy atom. The summed E-state index contributed by atoms with van der Waals surface area (Å²) in [6, 6.07) is 19.6. The van der Waals surface area contributed by atoms with Gasteiger partial charge >= 0.3 is 0 Å². The number of benzene rings is 2. The Kier molecular flexibility index (Phi) is 5.36. The Labute approximate surface area is 164 Å². The highest BCUT2D eigenvalue weighted by Crippen LogP contribution is 2.31. The zero-order chi connectivity index (χ0) is 18.5. The second-order valence-corrected chi connectivity index (χ2v) is 7.76. The molecule has 0 aliphatic carbocycles. The van der Waals surface area contributed by atoms with Gasteiger partial charge < -0.3 is 14.6 Å². The summed E-state index contributed by atoms with van der Waals surface area (Å²) in [5.41, 5.74) is 2.78. The van der Waals surface area contributed by atoms with Gasteiger partial charge in [-0.05, 0) is 12.1 Å². The molecule has 136 valence electrons. The van der Waals surface area contributed by atoms with Crippen molar-refractivity contribution in [2.45, 2.75) is 10.1 Å². The summed E-state index contributed by atoms with van der Waals surface area (Å²) in [5, 5.41) is 16.5. The maximum atomic E-state index is 5.42. The minimum absolute atomic E-state index is 0.646. The molecule has 0 spiro atoms. The number of rotatable bonds is 7. The molecule has 4 aromatic rings. The minimum atomic E-state index is 0.646. The van der Waals surface area contributed by atoms with E-state index >= 15 is 0 Å². The third-order valence-corrected chi connectivity index (χ3v) is 5.69. The van der Waals surface area contributed by atoms with Crippen molar-refractivity contribution in [1.29, 1.82) is 0 Å². The molecule has 0 unspecified atom stereocenters. The first kappa shape index (κ1) is 17.6. The van der Waals surface area contributed by atoms with Crippen molar-refractivity contribution in [1.82, 2.24) is 15.4 Å². The van der Waals surface area contributed by atoms with Crippen LogP contribution in [0.25, 0.3) is 11.3 Å². The number of ether oxygens (including phenoxy) is 1. The minimum Gasteiger partial charge on any atom is -0.497 e. The van der Waals surface area contributed by atoms with Crippen molar-refractivity contribution in [3.63, 3.8) is 0 Å². The molecule has 0 saturated carbocycles. The van der Waals surface area contributed by atoms with Crippen molar-refractivity contribution < 1.29 is 9.26 Å². The number of hydrogen-bond donors (Lipinski definition) is 1. The molecular formula is C19H16N4O2S2. The van der Waals surface area contributed by atoms with E-state index in [1.165, 1.54) is 11.3 Å². The molecule has 6 nitrogen and oxygen atoms in total. The van der Waals surface area contributed by atoms with Gasteiger partial charge in [-0.25, -0.2) is 0 Å². The van der Waals surface area contributed by atoms with Crippen molar-refractivity contribution >= 4 is 33.9 Å². The Balaban J connectivity index is 1.36. The lowest BCUT2D eigenvalue weighted by molar-refractivity contribution is 0.397. The summed E-state index contributed by atoms with van der Waals surface area (Å²) in [7, 11) is 1.64. The number of aromatic nitrogens is 3. The fourth-order valence-electron chi connectivity index (χ4n) is 2.40. The predicted octanol–water partition coefficient (Wildman–Crippen LogP) is 5.24. The zero-order valence-electron chi connectivity index (χ0n) is 14.5. The third-order valence-electron chi connectivity index (χ3n) is 3.69. The highest BCUT2D eigenvalue weighted by Gasteiger charge is 2.10. The van der Waals surface area contributed by atoms with Gasteiger partial charge in [0.25, 0.3) is 0 Å². The summed E-state index contributed by atoms with van der Waals surface area (Å²) in [6.45, 7) is 0. The van der Waals surface area contributed by atoms with Crippen molar-refractivity contribution in [3.8, 4) is 17.0 Å². The first-order valence-electron chi connectivity index (χ1n) is 8.18. The van der Waals surface area contributed by atoms with Crippen molar-refractivity contribution in [2.24, 2.45) is 0 Å². The van der Waals surface area contributed by atoms with Crippen LogP contribution in [0.4, 0.5) is 10.8 Å². The first-order valence-corrected chi connectivity index (χ1v) is 9.99. The van der Waals surface area contributed by atoms with Gasteiger partial charge in [0.2, 0.25) is 5.13 Å². The van der Waals surface area contributed by atoms with Crippen LogP contribution in [-0.4, -0.2) is 22.5 Å². The average Bonchev–Trinajstić information content (AvgIpc) is 3.37. The van der Waals surface area contributed by atoms with Crippen LogP contribution in [0.1, 0.15) is 5.76 Å². The Morgan fingerprint density at radius 3 is 2.81 bits per heavy atom. The van der Waals surface area contributed by atoms with Crippen LogP contribution in [0.5, 0.6) is 5.75 Å². The lowest BCUT2D eigenvalue weighted by atomic mass is 10.1. The summed E-state index contributed by atoms with van der Waals surface area (Å²) in [6.07, 6.45) is 0. The number of nitrogens with one attached hydrogen (secondary N) is 1. The van der Waals surface area contributed by atoms with E-state index in [4.69, 9.17) is 9.26 Å². The Morgan fingerprint density at radius 2 is 1.96 bits per heavy atom. The molecule has 0 aliphatic heterocycles. The van der Waals surface area contributed by atoms with Crippen LogP contribution < -0.4 is 10.1 Å². The van der Waals surface area contributed by atoms with Gasteiger partial charge in [0.05, 0.1) is 12.9 Å². The number of nitrogens with zero attached hydrogens (tertiary/aromatic N) is 3. The van der Waals surface area contributed by atoms with E-state index < -0.39 is 0 Å². The largest absolute Gasteiger partial charge is 0.497 e. The molecule has 0 bridgehead atoms. The molecule has 4 rings (SSSR count). The molecule has 0 atom stereocenters. The first-order chi connectivity index (χ1) is 13.3. The number of hydrogen-bond acceptors (Lipinski definition) is 8. The average molecular weight is 396 g/mol. The summed E-state index contributed by atoms with van der Waals surface area (Å²) in [4.78, 5) is 0. The molecule has 2 heterocycles. The van der Waals surface area contributed by atoms with E-state index in [1.54, 1.807) is 18.9 Å². The van der Waals surface area contributed by atoms with Gasteiger partial charge in [0, 0.05) is 23.4 Å². The van der Waals surface area contributed by atoms with E-state index in [-0.39, 0.29) is 0 Å². The van der Waals surface area contributed by atoms with Crippen LogP contribution in [0.15, 0.2) is 69.5 Å². The van der Waals surface area contributed by atoms with Gasteiger partial charge in [-0.2, -0.15) is 0 Å². The lowest BCUT2D eigenvalue weighted by Gasteiger charge is -2.04. The van der Waals surface area contributed by atoms with E-state index in [2.05, 4.69) is 20.7 Å². The lowest BCUT2D eigenvalue weighted by Crippen LogP contribution is -1.90. The van der Waals surface area contributed by atoms with Crippen LogP contribution in [0.2, 0.25) is 0 Å². The number of anilines is 2. The fraction of sp³-hybridized carbons (Fsp3) is 0.105. The SMILES string of the molecule is COc1cccc(Nc2nnc(SCc3cc(-c4ccccc4)no3)s2)c1. The predicted molar refractivity (Wildman–Crippen MR) is 108 cm³/mol. The van der Waals surface area contributed by atoms with Crippen molar-refractivity contribution in [2.75, 3.05) is 12.4 Å². The zero-order valence-corrected chi connectivity index (χ0v) is 16.1. The highest BCUT2D eigenvalue weighted by atomic mass is 32.2. The number of methoxy groups -OCH3 is 1. The third kappa shape index (κ3) is 4.47. The fourth-order valence-corrected chi connectivity index (χ4v) is 4.05. The molecule has 0 saturated heterocycles. The Hall–Kier alpha value is -2.84. The van der Waals surface area contributed by atoms with Crippen molar-refractivity contribution in [3.05, 3.63) is 66.4 Å². The highest BCUT2D eigenvalue weighted by molar-refractivity contribution is 8.00. The molecular weight excluding hydrogens is 380 g/mol. The Bertz CT molecular complexity index is 1020. The quantitative estimate of drug-likeness (QED) is 0.428. The maximum Gasteiger partial charge on any atom is 0.210 e. The van der Waals surface area contributed by atoms with Crippen LogP contribution >= 0.6 is 23.1 Å². The van der Waals surface area contributed by atoms with Gasteiger partial charge in [-0.15, -0.1) is 10.2 Å². The van der Waals surface area contributed by atoms with Crippen LogP contribution in [-0.2, 0) is 5.75 Å². The monoisotopic (exact) mass is 396 g/mol. The van der Waals surface area contributed by atoms with E-state index in [0.29, 0.717) is 5.75 Å². The molecule has 2 aromatic heterocycles. The van der Waals surface area contributed by atoms with Crippen LogP contribution in [0.3, 0.4) is 0 Å². The second kappa shape index (κ2) is 8.24. The van der Waals surface area contributed by atoms with Crippen LogP contribution in [0, 0.1) is 0 Å². The van der Waals surface area contributed by atoms with E-state index in [1.807, 2.05) is 60.7 Å². The molecule has 0 amide bonds. The van der Waals surface area contributed by atoms with Gasteiger partial charge in [-0.3, -0.25) is 0 Å². The normalized spacial score (nSPS) is 10.7. The van der Waals surface area contributed by atoms with Gasteiger partial charge in [-0.1, -0.05) is 64.7 Å². The molecule has 0 fully saturated rings.